The molecule has 4 heteroatoms. The number of esters is 1. The number of Topliss-reactive ketones (excluding diaryl/α,β-unsaturated/α-hetero) is 1. The van der Waals surface area contributed by atoms with Crippen molar-refractivity contribution in [1.29, 1.82) is 0 Å². The number of carbonyl (C=O) groups is 2. The van der Waals surface area contributed by atoms with E-state index in [1.54, 1.807) is 13.0 Å². The second-order valence-corrected chi connectivity index (χ2v) is 3.08. The third kappa shape index (κ3) is 2.56. The van der Waals surface area contributed by atoms with Gasteiger partial charge in [-0.15, -0.1) is 0 Å². The third-order valence-corrected chi connectivity index (χ3v) is 1.95. The zero-order valence-corrected chi connectivity index (χ0v) is 8.74. The molecule has 0 spiro atoms. The summed E-state index contributed by atoms with van der Waals surface area (Å²) in [6.07, 6.45) is 0. The van der Waals surface area contributed by atoms with Gasteiger partial charge in [0.2, 0.25) is 0 Å². The van der Waals surface area contributed by atoms with Crippen LogP contribution in [-0.4, -0.2) is 18.4 Å². The monoisotopic (exact) mass is 207 g/mol. The average molecular weight is 207 g/mol. The first-order valence-corrected chi connectivity index (χ1v) is 4.63. The highest BCUT2D eigenvalue weighted by atomic mass is 16.5. The van der Waals surface area contributed by atoms with Gasteiger partial charge in [-0.2, -0.15) is 0 Å². The molecule has 4 nitrogen and oxygen atoms in total. The van der Waals surface area contributed by atoms with E-state index in [-0.39, 0.29) is 11.5 Å². The second kappa shape index (κ2) is 4.59. The Morgan fingerprint density at radius 2 is 2.07 bits per heavy atom. The normalized spacial score (nSPS) is 9.73. The quantitative estimate of drug-likeness (QED) is 0.464. The number of carbonyl (C=O) groups excluding carboxylic acids is 2. The van der Waals surface area contributed by atoms with Crippen molar-refractivity contribution in [3.63, 3.8) is 0 Å². The van der Waals surface area contributed by atoms with E-state index in [2.05, 4.69) is 0 Å². The molecule has 0 aliphatic heterocycles. The number of benzene rings is 1. The maximum atomic E-state index is 11.4. The van der Waals surface area contributed by atoms with Crippen LogP contribution in [-0.2, 0) is 4.74 Å². The van der Waals surface area contributed by atoms with Gasteiger partial charge in [-0.25, -0.2) is 4.79 Å². The Balaban J connectivity index is 3.03. The van der Waals surface area contributed by atoms with Gasteiger partial charge in [0.05, 0.1) is 12.2 Å². The lowest BCUT2D eigenvalue weighted by molar-refractivity contribution is 0.0527. The largest absolute Gasteiger partial charge is 0.462 e. The van der Waals surface area contributed by atoms with Crippen LogP contribution in [0, 0.1) is 0 Å². The number of rotatable bonds is 3. The number of ether oxygens (including phenoxy) is 1. The molecule has 0 saturated carbocycles. The van der Waals surface area contributed by atoms with Crippen LogP contribution in [0.3, 0.4) is 0 Å². The first-order valence-electron chi connectivity index (χ1n) is 4.63. The maximum Gasteiger partial charge on any atom is 0.340 e. The van der Waals surface area contributed by atoms with E-state index in [1.807, 2.05) is 0 Å². The number of hydrogen-bond acceptors (Lipinski definition) is 4. The summed E-state index contributed by atoms with van der Waals surface area (Å²) in [6.45, 7) is 3.46. The van der Waals surface area contributed by atoms with E-state index in [1.165, 1.54) is 19.1 Å². The molecule has 0 heterocycles. The number of anilines is 1. The van der Waals surface area contributed by atoms with Crippen molar-refractivity contribution >= 4 is 17.4 Å². The summed E-state index contributed by atoms with van der Waals surface area (Å²) in [6, 6.07) is 4.55. The summed E-state index contributed by atoms with van der Waals surface area (Å²) in [4.78, 5) is 22.4. The Bertz CT molecular complexity index is 399. The number of nitrogens with two attached hydrogens (primary N) is 1. The molecule has 0 aromatic heterocycles. The van der Waals surface area contributed by atoms with E-state index >= 15 is 0 Å². The molecule has 0 aliphatic carbocycles. The van der Waals surface area contributed by atoms with Crippen LogP contribution in [0.2, 0.25) is 0 Å². The summed E-state index contributed by atoms with van der Waals surface area (Å²) in [5.41, 5.74) is 6.68. The maximum absolute atomic E-state index is 11.4. The van der Waals surface area contributed by atoms with Gasteiger partial charge in [-0.1, -0.05) is 6.07 Å². The fourth-order valence-electron chi connectivity index (χ4n) is 1.18. The van der Waals surface area contributed by atoms with Gasteiger partial charge < -0.3 is 10.5 Å². The summed E-state index contributed by atoms with van der Waals surface area (Å²) in [7, 11) is 0. The lowest BCUT2D eigenvalue weighted by Gasteiger charge is -2.05. The van der Waals surface area contributed by atoms with E-state index in [9.17, 15) is 9.59 Å². The Hall–Kier alpha value is -1.84. The molecule has 0 radical (unpaired) electrons. The number of ketones is 1. The Morgan fingerprint density at radius 1 is 1.40 bits per heavy atom. The van der Waals surface area contributed by atoms with Crippen molar-refractivity contribution in [2.45, 2.75) is 13.8 Å². The van der Waals surface area contributed by atoms with Gasteiger partial charge in [-0.05, 0) is 26.0 Å². The molecule has 0 saturated heterocycles. The van der Waals surface area contributed by atoms with Crippen molar-refractivity contribution in [3.05, 3.63) is 29.3 Å². The van der Waals surface area contributed by atoms with Crippen molar-refractivity contribution in [1.82, 2.24) is 0 Å². The molecule has 0 atom stereocenters. The lowest BCUT2D eigenvalue weighted by Crippen LogP contribution is -2.08. The van der Waals surface area contributed by atoms with Crippen LogP contribution >= 0.6 is 0 Å². The molecule has 1 aromatic carbocycles. The Morgan fingerprint density at radius 3 is 2.53 bits per heavy atom. The highest BCUT2D eigenvalue weighted by molar-refractivity contribution is 5.99. The van der Waals surface area contributed by atoms with Crippen LogP contribution in [0.15, 0.2) is 18.2 Å². The molecule has 0 fully saturated rings. The number of hydrogen-bond donors (Lipinski definition) is 1. The molecule has 0 amide bonds. The molecule has 0 aliphatic rings. The van der Waals surface area contributed by atoms with Gasteiger partial charge in [0.15, 0.2) is 5.78 Å². The summed E-state index contributed by atoms with van der Waals surface area (Å²) in [5.74, 6) is -0.554. The molecule has 1 aromatic rings. The summed E-state index contributed by atoms with van der Waals surface area (Å²) >= 11 is 0. The molecular weight excluding hydrogens is 194 g/mol. The van der Waals surface area contributed by atoms with E-state index in [0.717, 1.165) is 0 Å². The molecule has 0 unspecified atom stereocenters. The van der Waals surface area contributed by atoms with Crippen molar-refractivity contribution in [2.75, 3.05) is 12.3 Å². The Kier molecular flexibility index (Phi) is 3.44. The van der Waals surface area contributed by atoms with Crippen molar-refractivity contribution < 1.29 is 14.3 Å². The highest BCUT2D eigenvalue weighted by Crippen LogP contribution is 2.15. The third-order valence-electron chi connectivity index (χ3n) is 1.95. The van der Waals surface area contributed by atoms with E-state index in [4.69, 9.17) is 10.5 Å². The summed E-state index contributed by atoms with van der Waals surface area (Å²) < 4.78 is 4.81. The second-order valence-electron chi connectivity index (χ2n) is 3.08. The Labute approximate surface area is 88.0 Å². The molecule has 15 heavy (non-hydrogen) atoms. The fraction of sp³-hybridized carbons (Fsp3) is 0.273. The zero-order chi connectivity index (χ0) is 11.4. The lowest BCUT2D eigenvalue weighted by atomic mass is 10.1. The minimum atomic E-state index is -0.467. The van der Waals surface area contributed by atoms with Crippen LogP contribution in [0.1, 0.15) is 34.6 Å². The molecule has 0 bridgehead atoms. The standard InChI is InChI=1S/C11H13NO3/c1-3-15-11(14)9-5-4-8(7(2)13)6-10(9)12/h4-6H,3,12H2,1-2H3. The van der Waals surface area contributed by atoms with Crippen molar-refractivity contribution in [2.24, 2.45) is 0 Å². The average Bonchev–Trinajstić information content (AvgIpc) is 2.17. The first-order chi connectivity index (χ1) is 7.06. The van der Waals surface area contributed by atoms with Crippen LogP contribution in [0.4, 0.5) is 5.69 Å². The first kappa shape index (κ1) is 11.2. The topological polar surface area (TPSA) is 69.4 Å². The SMILES string of the molecule is CCOC(=O)c1ccc(C(C)=O)cc1N. The van der Waals surface area contributed by atoms with Gasteiger partial charge in [-0.3, -0.25) is 4.79 Å². The van der Waals surface area contributed by atoms with Gasteiger partial charge in [0.1, 0.15) is 0 Å². The van der Waals surface area contributed by atoms with Gasteiger partial charge >= 0.3 is 5.97 Å². The molecule has 2 N–H and O–H groups in total. The predicted molar refractivity (Wildman–Crippen MR) is 56.8 cm³/mol. The van der Waals surface area contributed by atoms with E-state index in [0.29, 0.717) is 17.7 Å². The zero-order valence-electron chi connectivity index (χ0n) is 8.74. The molecular formula is C11H13NO3. The minimum absolute atomic E-state index is 0.0860. The van der Waals surface area contributed by atoms with Crippen LogP contribution < -0.4 is 5.73 Å². The van der Waals surface area contributed by atoms with Crippen molar-refractivity contribution in [3.8, 4) is 0 Å². The van der Waals surface area contributed by atoms with Crippen LogP contribution in [0.5, 0.6) is 0 Å². The van der Waals surface area contributed by atoms with Crippen LogP contribution in [0.25, 0.3) is 0 Å². The predicted octanol–water partition coefficient (Wildman–Crippen LogP) is 1.65. The van der Waals surface area contributed by atoms with E-state index < -0.39 is 5.97 Å². The van der Waals surface area contributed by atoms with Gasteiger partial charge in [0.25, 0.3) is 0 Å². The fourth-order valence-corrected chi connectivity index (χ4v) is 1.18. The number of nitrogen functional groups attached to an aromatic ring is 1. The highest BCUT2D eigenvalue weighted by Gasteiger charge is 2.11. The van der Waals surface area contributed by atoms with Gasteiger partial charge in [0, 0.05) is 11.3 Å². The smallest absolute Gasteiger partial charge is 0.340 e. The molecule has 1 rings (SSSR count). The molecule has 80 valence electrons. The summed E-state index contributed by atoms with van der Waals surface area (Å²) in [5, 5.41) is 0. The minimum Gasteiger partial charge on any atom is -0.462 e.